The van der Waals surface area contributed by atoms with Crippen LogP contribution in [-0.2, 0) is 0 Å². The highest BCUT2D eigenvalue weighted by atomic mass is 19.1. The van der Waals surface area contributed by atoms with Gasteiger partial charge in [-0.05, 0) is 42.0 Å². The van der Waals surface area contributed by atoms with Crippen LogP contribution < -0.4 is 4.84 Å². The fraction of sp³-hybridized carbons (Fsp3) is 0.0476. The quantitative estimate of drug-likeness (QED) is 0.527. The Bertz CT molecular complexity index is 1100. The summed E-state index contributed by atoms with van der Waals surface area (Å²) in [6.07, 6.45) is 10.5. The summed E-state index contributed by atoms with van der Waals surface area (Å²) in [5.41, 5.74) is 4.92. The number of fused-ring (bicyclic) bond motifs is 1. The topological polar surface area (TPSA) is 39.9 Å². The van der Waals surface area contributed by atoms with Crippen LogP contribution in [0.15, 0.2) is 67.1 Å². The molecule has 0 spiro atoms. The molecular formula is C21H14FN3O. The van der Waals surface area contributed by atoms with Gasteiger partial charge >= 0.3 is 0 Å². The largest absolute Gasteiger partial charge is 0.400 e. The Morgan fingerprint density at radius 3 is 2.50 bits per heavy atom. The van der Waals surface area contributed by atoms with Crippen LogP contribution in [0.2, 0.25) is 0 Å². The maximum atomic E-state index is 13.4. The summed E-state index contributed by atoms with van der Waals surface area (Å²) in [5.74, 6) is 2.20. The molecule has 0 saturated heterocycles. The predicted octanol–water partition coefficient (Wildman–Crippen LogP) is 3.97. The lowest BCUT2D eigenvalue weighted by Gasteiger charge is -2.12. The number of hydrogen-bond acceptors (Lipinski definition) is 3. The number of aromatic nitrogens is 3. The van der Waals surface area contributed by atoms with E-state index >= 15 is 0 Å². The second-order valence-corrected chi connectivity index (χ2v) is 5.61. The number of rotatable bonds is 4. The molecule has 126 valence electrons. The molecule has 0 radical (unpaired) electrons. The van der Waals surface area contributed by atoms with Gasteiger partial charge in [-0.3, -0.25) is 9.97 Å². The van der Waals surface area contributed by atoms with Crippen molar-refractivity contribution < 1.29 is 9.23 Å². The molecule has 26 heavy (non-hydrogen) atoms. The molecule has 0 bridgehead atoms. The van der Waals surface area contributed by atoms with Crippen molar-refractivity contribution in [3.63, 3.8) is 0 Å². The van der Waals surface area contributed by atoms with Gasteiger partial charge in [0.1, 0.15) is 16.9 Å². The average molecular weight is 343 g/mol. The highest BCUT2D eigenvalue weighted by molar-refractivity contribution is 6.01. The van der Waals surface area contributed by atoms with E-state index in [0.29, 0.717) is 0 Å². The zero-order valence-corrected chi connectivity index (χ0v) is 13.8. The average Bonchev–Trinajstić information content (AvgIpc) is 3.02. The molecule has 0 aliphatic carbocycles. The normalized spacial score (nSPS) is 10.6. The van der Waals surface area contributed by atoms with E-state index in [1.165, 1.54) is 12.1 Å². The van der Waals surface area contributed by atoms with Crippen LogP contribution in [0.1, 0.15) is 0 Å². The molecule has 0 N–H and O–H groups in total. The van der Waals surface area contributed by atoms with Crippen molar-refractivity contribution in [2.75, 3.05) is 6.61 Å². The third kappa shape index (κ3) is 2.68. The molecule has 0 amide bonds. The van der Waals surface area contributed by atoms with Crippen LogP contribution in [0.4, 0.5) is 4.39 Å². The van der Waals surface area contributed by atoms with Gasteiger partial charge in [0.15, 0.2) is 6.61 Å². The van der Waals surface area contributed by atoms with Gasteiger partial charge in [-0.15, -0.1) is 6.42 Å². The first-order valence-electron chi connectivity index (χ1n) is 8.02. The number of nitrogens with zero attached hydrogens (tertiary/aromatic N) is 3. The minimum atomic E-state index is -0.292. The standard InChI is InChI=1S/C21H14FN3O/c1-2-14-26-25-18-4-3-11-24-20(18)19(15-5-7-17(22)8-6-15)21(25)16-9-12-23-13-10-16/h1,3-13H,14H2. The molecule has 1 aromatic carbocycles. The number of halogens is 1. The molecule has 0 atom stereocenters. The van der Waals surface area contributed by atoms with E-state index in [4.69, 9.17) is 11.3 Å². The molecule has 4 nitrogen and oxygen atoms in total. The zero-order valence-electron chi connectivity index (χ0n) is 13.8. The lowest BCUT2D eigenvalue weighted by atomic mass is 10.0. The van der Waals surface area contributed by atoms with Gasteiger partial charge in [-0.2, -0.15) is 4.73 Å². The van der Waals surface area contributed by atoms with E-state index in [0.717, 1.165) is 33.4 Å². The highest BCUT2D eigenvalue weighted by Crippen LogP contribution is 2.39. The van der Waals surface area contributed by atoms with Crippen molar-refractivity contribution in [2.45, 2.75) is 0 Å². The van der Waals surface area contributed by atoms with Crippen molar-refractivity contribution in [3.8, 4) is 34.7 Å². The minimum absolute atomic E-state index is 0.111. The van der Waals surface area contributed by atoms with Gasteiger partial charge in [0.2, 0.25) is 0 Å². The first-order chi connectivity index (χ1) is 12.8. The molecule has 3 aromatic heterocycles. The Balaban J connectivity index is 2.08. The molecule has 0 saturated carbocycles. The third-order valence-corrected chi connectivity index (χ3v) is 4.05. The summed E-state index contributed by atoms with van der Waals surface area (Å²) >= 11 is 0. The van der Waals surface area contributed by atoms with Crippen molar-refractivity contribution in [2.24, 2.45) is 0 Å². The van der Waals surface area contributed by atoms with E-state index in [9.17, 15) is 4.39 Å². The second kappa shape index (κ2) is 6.69. The highest BCUT2D eigenvalue weighted by Gasteiger charge is 2.22. The van der Waals surface area contributed by atoms with Crippen molar-refractivity contribution >= 4 is 11.0 Å². The Hall–Kier alpha value is -3.65. The van der Waals surface area contributed by atoms with E-state index in [1.54, 1.807) is 35.5 Å². The summed E-state index contributed by atoms with van der Waals surface area (Å²) in [5, 5.41) is 0. The summed E-state index contributed by atoms with van der Waals surface area (Å²) < 4.78 is 15.1. The van der Waals surface area contributed by atoms with E-state index in [1.807, 2.05) is 24.3 Å². The lowest BCUT2D eigenvalue weighted by molar-refractivity contribution is 0.154. The Labute approximate surface area is 149 Å². The maximum Gasteiger partial charge on any atom is 0.175 e. The molecule has 4 rings (SSSR count). The molecule has 0 unspecified atom stereocenters. The summed E-state index contributed by atoms with van der Waals surface area (Å²) in [4.78, 5) is 14.4. The number of benzene rings is 1. The molecule has 5 heteroatoms. The molecular weight excluding hydrogens is 329 g/mol. The smallest absolute Gasteiger partial charge is 0.175 e. The lowest BCUT2D eigenvalue weighted by Crippen LogP contribution is -2.12. The van der Waals surface area contributed by atoms with Gasteiger partial charge in [-0.1, -0.05) is 18.1 Å². The van der Waals surface area contributed by atoms with Crippen LogP contribution >= 0.6 is 0 Å². The van der Waals surface area contributed by atoms with Gasteiger partial charge < -0.3 is 4.84 Å². The second-order valence-electron chi connectivity index (χ2n) is 5.61. The molecule has 0 fully saturated rings. The number of hydrogen-bond donors (Lipinski definition) is 0. The third-order valence-electron chi connectivity index (χ3n) is 4.05. The maximum absolute atomic E-state index is 13.4. The molecule has 3 heterocycles. The van der Waals surface area contributed by atoms with Gasteiger partial charge in [0.05, 0.1) is 5.69 Å². The van der Waals surface area contributed by atoms with Crippen LogP contribution in [0.5, 0.6) is 0 Å². The van der Waals surface area contributed by atoms with E-state index in [-0.39, 0.29) is 12.4 Å². The fourth-order valence-corrected chi connectivity index (χ4v) is 2.98. The van der Waals surface area contributed by atoms with Crippen molar-refractivity contribution in [1.82, 2.24) is 14.7 Å². The zero-order chi connectivity index (χ0) is 17.9. The molecule has 0 aliphatic rings. The Morgan fingerprint density at radius 2 is 1.77 bits per heavy atom. The first-order valence-corrected chi connectivity index (χ1v) is 8.02. The van der Waals surface area contributed by atoms with Gasteiger partial charge in [0, 0.05) is 29.7 Å². The summed E-state index contributed by atoms with van der Waals surface area (Å²) in [6, 6.07) is 13.8. The van der Waals surface area contributed by atoms with Crippen LogP contribution in [0, 0.1) is 18.2 Å². The Morgan fingerprint density at radius 1 is 1.00 bits per heavy atom. The SMILES string of the molecule is C#CCOn1c(-c2ccncc2)c(-c2ccc(F)cc2)c2ncccc21. The van der Waals surface area contributed by atoms with Crippen LogP contribution in [0.3, 0.4) is 0 Å². The minimum Gasteiger partial charge on any atom is -0.400 e. The number of terminal acetylenes is 1. The molecule has 0 aliphatic heterocycles. The van der Waals surface area contributed by atoms with Gasteiger partial charge in [-0.25, -0.2) is 4.39 Å². The van der Waals surface area contributed by atoms with Gasteiger partial charge in [0.25, 0.3) is 0 Å². The summed E-state index contributed by atoms with van der Waals surface area (Å²) in [6.45, 7) is 0.111. The fourth-order valence-electron chi connectivity index (χ4n) is 2.98. The Kier molecular flexibility index (Phi) is 4.08. The predicted molar refractivity (Wildman–Crippen MR) is 98.6 cm³/mol. The van der Waals surface area contributed by atoms with Crippen LogP contribution in [0.25, 0.3) is 33.4 Å². The van der Waals surface area contributed by atoms with Crippen molar-refractivity contribution in [1.29, 1.82) is 0 Å². The van der Waals surface area contributed by atoms with Crippen LogP contribution in [-0.4, -0.2) is 21.3 Å². The number of pyridine rings is 2. The van der Waals surface area contributed by atoms with E-state index in [2.05, 4.69) is 15.9 Å². The van der Waals surface area contributed by atoms with E-state index < -0.39 is 0 Å². The summed E-state index contributed by atoms with van der Waals surface area (Å²) in [7, 11) is 0. The monoisotopic (exact) mass is 343 g/mol. The molecule has 4 aromatic rings. The van der Waals surface area contributed by atoms with Crippen molar-refractivity contribution in [3.05, 3.63) is 72.9 Å². The first kappa shape index (κ1) is 15.9.